The van der Waals surface area contributed by atoms with Crippen LogP contribution in [-0.4, -0.2) is 38.2 Å². The molecule has 0 aromatic rings. The third kappa shape index (κ3) is 2.94. The summed E-state index contributed by atoms with van der Waals surface area (Å²) in [5.41, 5.74) is 1.86. The quantitative estimate of drug-likeness (QED) is 0.513. The second kappa shape index (κ2) is 6.99. The highest BCUT2D eigenvalue weighted by Crippen LogP contribution is 2.63. The summed E-state index contributed by atoms with van der Waals surface area (Å²) >= 11 is 0. The lowest BCUT2D eigenvalue weighted by Gasteiger charge is -2.54. The van der Waals surface area contributed by atoms with Gasteiger partial charge in [-0.2, -0.15) is 0 Å². The Morgan fingerprint density at radius 2 is 1.90 bits per heavy atom. The fourth-order valence-corrected chi connectivity index (χ4v) is 6.37. The fraction of sp³-hybridized carbons (Fsp3) is 0.696. The second-order valence-corrected chi connectivity index (χ2v) is 9.38. The first-order chi connectivity index (χ1) is 13.7. The van der Waals surface area contributed by atoms with Crippen LogP contribution in [0.3, 0.4) is 0 Å². The minimum absolute atomic E-state index is 0.000486. The fourth-order valence-electron chi connectivity index (χ4n) is 6.37. The summed E-state index contributed by atoms with van der Waals surface area (Å²) < 4.78 is 15.2. The number of rotatable bonds is 2. The van der Waals surface area contributed by atoms with E-state index in [4.69, 9.17) is 9.47 Å². The van der Waals surface area contributed by atoms with Gasteiger partial charge in [0.05, 0.1) is 20.1 Å². The van der Waals surface area contributed by atoms with Crippen LogP contribution in [0.1, 0.15) is 52.4 Å². The van der Waals surface area contributed by atoms with Crippen LogP contribution in [-0.2, 0) is 23.8 Å². The number of carbonyl (C=O) groups is 3. The van der Waals surface area contributed by atoms with Crippen molar-refractivity contribution < 1.29 is 28.6 Å². The Morgan fingerprint density at radius 1 is 1.14 bits per heavy atom. The first-order valence-corrected chi connectivity index (χ1v) is 10.5. The molecule has 0 N–H and O–H groups in total. The Hall–Kier alpha value is -2.11. The molecule has 0 bridgehead atoms. The maximum Gasteiger partial charge on any atom is 0.508 e. The van der Waals surface area contributed by atoms with Gasteiger partial charge in [0.25, 0.3) is 0 Å². The number of allylic oxidation sites excluding steroid dienone is 2. The van der Waals surface area contributed by atoms with Gasteiger partial charge in [-0.05, 0) is 31.6 Å². The van der Waals surface area contributed by atoms with Crippen LogP contribution in [0, 0.1) is 28.6 Å². The lowest BCUT2D eigenvalue weighted by Crippen LogP contribution is -2.49. The van der Waals surface area contributed by atoms with Gasteiger partial charge in [0.2, 0.25) is 0 Å². The number of fused-ring (bicyclic) bond motifs is 5. The average molecular weight is 402 g/mol. The molecule has 0 heterocycles. The van der Waals surface area contributed by atoms with Gasteiger partial charge in [-0.25, -0.2) is 4.79 Å². The minimum Gasteiger partial charge on any atom is -0.469 e. The van der Waals surface area contributed by atoms with Crippen LogP contribution in [0.5, 0.6) is 0 Å². The lowest BCUT2D eigenvalue weighted by molar-refractivity contribution is -0.147. The summed E-state index contributed by atoms with van der Waals surface area (Å²) in [7, 11) is 2.73. The molecular formula is C23H30O6. The molecule has 0 aliphatic heterocycles. The van der Waals surface area contributed by atoms with Crippen molar-refractivity contribution >= 4 is 17.9 Å². The summed E-state index contributed by atoms with van der Waals surface area (Å²) in [4.78, 5) is 37.0. The van der Waals surface area contributed by atoms with Crippen molar-refractivity contribution in [3.63, 3.8) is 0 Å². The standard InChI is InChI=1S/C23H30O6/c1-22-9-7-14(29-21(26)28-4)11-13(22)12-15(20(25)27-3)19-16-5-6-18(24)23(16,2)10-8-17(19)22/h8,12,14-16,19H,5-7,9-11H2,1-4H3/t14-,15+,16-,19-,22-,23-/m0/s1. The number of methoxy groups -OCH3 is 2. The van der Waals surface area contributed by atoms with Crippen molar-refractivity contribution in [1.82, 2.24) is 0 Å². The molecule has 0 radical (unpaired) electrons. The molecule has 158 valence electrons. The van der Waals surface area contributed by atoms with Gasteiger partial charge in [-0.1, -0.05) is 37.1 Å². The van der Waals surface area contributed by atoms with Crippen molar-refractivity contribution in [2.24, 2.45) is 28.6 Å². The Balaban J connectivity index is 1.74. The lowest BCUT2D eigenvalue weighted by atomic mass is 9.50. The summed E-state index contributed by atoms with van der Waals surface area (Å²) in [6, 6.07) is 0. The highest BCUT2D eigenvalue weighted by Gasteiger charge is 2.59. The summed E-state index contributed by atoms with van der Waals surface area (Å²) in [6.45, 7) is 4.30. The van der Waals surface area contributed by atoms with E-state index in [1.165, 1.54) is 19.8 Å². The van der Waals surface area contributed by atoms with Crippen molar-refractivity contribution in [2.75, 3.05) is 14.2 Å². The number of esters is 1. The molecule has 4 rings (SSSR count). The van der Waals surface area contributed by atoms with Gasteiger partial charge in [-0.3, -0.25) is 9.59 Å². The Kier molecular flexibility index (Phi) is 4.87. The molecule has 0 aromatic heterocycles. The monoisotopic (exact) mass is 402 g/mol. The molecule has 6 atom stereocenters. The Morgan fingerprint density at radius 3 is 2.59 bits per heavy atom. The van der Waals surface area contributed by atoms with E-state index < -0.39 is 12.1 Å². The van der Waals surface area contributed by atoms with E-state index in [9.17, 15) is 14.4 Å². The number of hydrogen-bond donors (Lipinski definition) is 0. The molecule has 0 unspecified atom stereocenters. The van der Waals surface area contributed by atoms with Crippen LogP contribution in [0.4, 0.5) is 4.79 Å². The number of Topliss-reactive ketones (excluding diaryl/α,β-unsaturated/α-hetero) is 1. The van der Waals surface area contributed by atoms with Gasteiger partial charge in [0.1, 0.15) is 11.9 Å². The van der Waals surface area contributed by atoms with Gasteiger partial charge in [0.15, 0.2) is 0 Å². The summed E-state index contributed by atoms with van der Waals surface area (Å²) in [6.07, 6.45) is 7.70. The van der Waals surface area contributed by atoms with E-state index in [1.54, 1.807) is 0 Å². The number of carbonyl (C=O) groups excluding carboxylic acids is 3. The normalized spacial score (nSPS) is 40.6. The SMILES string of the molecule is COC(=O)O[C@H]1CC[C@@]2(C)C(=C[C@@H](C(=O)OC)[C@@H]3C2=CC[C@]2(C)C(=O)CC[C@@H]32)C1. The predicted molar refractivity (Wildman–Crippen MR) is 105 cm³/mol. The van der Waals surface area contributed by atoms with Crippen LogP contribution >= 0.6 is 0 Å². The maximum atomic E-state index is 12.8. The molecule has 0 aromatic carbocycles. The first-order valence-electron chi connectivity index (χ1n) is 10.5. The molecule has 2 saturated carbocycles. The zero-order valence-corrected chi connectivity index (χ0v) is 17.7. The van der Waals surface area contributed by atoms with Crippen LogP contribution < -0.4 is 0 Å². The van der Waals surface area contributed by atoms with E-state index in [0.717, 1.165) is 31.3 Å². The molecule has 4 aliphatic carbocycles. The van der Waals surface area contributed by atoms with Crippen molar-refractivity contribution in [3.05, 3.63) is 23.3 Å². The van der Waals surface area contributed by atoms with E-state index in [-0.39, 0.29) is 34.7 Å². The molecule has 0 spiro atoms. The zero-order chi connectivity index (χ0) is 21.0. The molecule has 4 aliphatic rings. The Labute approximate surface area is 171 Å². The molecular weight excluding hydrogens is 372 g/mol. The van der Waals surface area contributed by atoms with Gasteiger partial charge in [-0.15, -0.1) is 0 Å². The third-order valence-electron chi connectivity index (χ3n) is 8.11. The van der Waals surface area contributed by atoms with Crippen LogP contribution in [0.15, 0.2) is 23.3 Å². The third-order valence-corrected chi connectivity index (χ3v) is 8.11. The van der Waals surface area contributed by atoms with Crippen molar-refractivity contribution in [3.8, 4) is 0 Å². The van der Waals surface area contributed by atoms with Gasteiger partial charge < -0.3 is 14.2 Å². The van der Waals surface area contributed by atoms with E-state index in [0.29, 0.717) is 18.6 Å². The maximum absolute atomic E-state index is 12.8. The van der Waals surface area contributed by atoms with E-state index in [1.807, 2.05) is 0 Å². The van der Waals surface area contributed by atoms with Gasteiger partial charge in [0, 0.05) is 29.6 Å². The highest BCUT2D eigenvalue weighted by atomic mass is 16.7. The topological polar surface area (TPSA) is 78.9 Å². The smallest absolute Gasteiger partial charge is 0.469 e. The molecule has 29 heavy (non-hydrogen) atoms. The summed E-state index contributed by atoms with van der Waals surface area (Å²) in [5.74, 6) is -0.175. The molecule has 2 fully saturated rings. The van der Waals surface area contributed by atoms with Crippen molar-refractivity contribution in [1.29, 1.82) is 0 Å². The Bertz CT molecular complexity index is 810. The average Bonchev–Trinajstić information content (AvgIpc) is 3.02. The number of hydrogen-bond acceptors (Lipinski definition) is 6. The molecule has 6 nitrogen and oxygen atoms in total. The summed E-state index contributed by atoms with van der Waals surface area (Å²) in [5, 5.41) is 0. The highest BCUT2D eigenvalue weighted by molar-refractivity contribution is 5.88. The van der Waals surface area contributed by atoms with Gasteiger partial charge >= 0.3 is 12.1 Å². The first kappa shape index (κ1) is 20.2. The van der Waals surface area contributed by atoms with Crippen LogP contribution in [0.2, 0.25) is 0 Å². The largest absolute Gasteiger partial charge is 0.508 e. The van der Waals surface area contributed by atoms with E-state index in [2.05, 4.69) is 30.7 Å². The minimum atomic E-state index is -0.672. The second-order valence-electron chi connectivity index (χ2n) is 9.38. The van der Waals surface area contributed by atoms with Crippen molar-refractivity contribution in [2.45, 2.75) is 58.5 Å². The number of ether oxygens (including phenoxy) is 3. The zero-order valence-electron chi connectivity index (χ0n) is 17.7. The number of ketones is 1. The van der Waals surface area contributed by atoms with Crippen LogP contribution in [0.25, 0.3) is 0 Å². The van der Waals surface area contributed by atoms with E-state index >= 15 is 0 Å². The predicted octanol–water partition coefficient (Wildman–Crippen LogP) is 3.99. The molecule has 0 amide bonds. The molecule has 6 heteroatoms. The molecule has 0 saturated heterocycles.